The van der Waals surface area contributed by atoms with Gasteiger partial charge in [0.2, 0.25) is 5.91 Å². The maximum atomic E-state index is 12.3. The van der Waals surface area contributed by atoms with Crippen LogP contribution in [0.1, 0.15) is 38.5 Å². The van der Waals surface area contributed by atoms with Crippen LogP contribution in [0.5, 0.6) is 5.75 Å². The molecule has 0 radical (unpaired) electrons. The molecular formula is C18H26BrClN2O2. The SMILES string of the molecule is Cl.O=C(CCCCOc1ccc(Br)cc1)N1CCC2CCC(C1)N2. The van der Waals surface area contributed by atoms with Crippen molar-refractivity contribution in [1.82, 2.24) is 10.2 Å². The highest BCUT2D eigenvalue weighted by Crippen LogP contribution is 2.21. The summed E-state index contributed by atoms with van der Waals surface area (Å²) in [5, 5.41) is 3.62. The Labute approximate surface area is 158 Å². The molecule has 2 unspecified atom stereocenters. The smallest absolute Gasteiger partial charge is 0.222 e. The second kappa shape index (κ2) is 9.64. The van der Waals surface area contributed by atoms with E-state index in [1.807, 2.05) is 24.3 Å². The molecule has 3 rings (SSSR count). The van der Waals surface area contributed by atoms with Crippen LogP contribution >= 0.6 is 28.3 Å². The highest BCUT2D eigenvalue weighted by Gasteiger charge is 2.30. The van der Waals surface area contributed by atoms with Gasteiger partial charge in [-0.25, -0.2) is 0 Å². The molecule has 2 aliphatic rings. The van der Waals surface area contributed by atoms with Crippen LogP contribution in [-0.4, -0.2) is 42.6 Å². The molecule has 0 aliphatic carbocycles. The number of carbonyl (C=O) groups excluding carboxylic acids is 1. The van der Waals surface area contributed by atoms with Crippen LogP contribution in [0.2, 0.25) is 0 Å². The van der Waals surface area contributed by atoms with E-state index in [-0.39, 0.29) is 12.4 Å². The number of halogens is 2. The van der Waals surface area contributed by atoms with Gasteiger partial charge < -0.3 is 15.0 Å². The number of amides is 1. The van der Waals surface area contributed by atoms with Gasteiger partial charge in [0, 0.05) is 36.1 Å². The van der Waals surface area contributed by atoms with E-state index in [0.717, 1.165) is 42.6 Å². The zero-order chi connectivity index (χ0) is 16.1. The summed E-state index contributed by atoms with van der Waals surface area (Å²) in [4.78, 5) is 14.4. The first kappa shape index (κ1) is 19.5. The summed E-state index contributed by atoms with van der Waals surface area (Å²) in [5.74, 6) is 1.19. The quantitative estimate of drug-likeness (QED) is 0.716. The topological polar surface area (TPSA) is 41.6 Å². The van der Waals surface area contributed by atoms with E-state index in [1.54, 1.807) is 0 Å². The number of fused-ring (bicyclic) bond motifs is 2. The molecule has 2 bridgehead atoms. The molecular weight excluding hydrogens is 392 g/mol. The number of nitrogens with one attached hydrogen (secondary N) is 1. The fourth-order valence-electron chi connectivity index (χ4n) is 3.43. The molecule has 134 valence electrons. The fraction of sp³-hybridized carbons (Fsp3) is 0.611. The van der Waals surface area contributed by atoms with E-state index in [0.29, 0.717) is 31.0 Å². The predicted molar refractivity (Wildman–Crippen MR) is 102 cm³/mol. The zero-order valence-electron chi connectivity index (χ0n) is 13.9. The van der Waals surface area contributed by atoms with Gasteiger partial charge in [-0.05, 0) is 56.4 Å². The molecule has 0 spiro atoms. The average molecular weight is 418 g/mol. The average Bonchev–Trinajstić information content (AvgIpc) is 2.87. The Bertz CT molecular complexity index is 526. The molecule has 2 heterocycles. The molecule has 2 saturated heterocycles. The van der Waals surface area contributed by atoms with Crippen molar-refractivity contribution in [3.8, 4) is 5.75 Å². The summed E-state index contributed by atoms with van der Waals surface area (Å²) in [6, 6.07) is 9.01. The van der Waals surface area contributed by atoms with Gasteiger partial charge in [-0.2, -0.15) is 0 Å². The van der Waals surface area contributed by atoms with Crippen molar-refractivity contribution in [2.45, 2.75) is 50.6 Å². The van der Waals surface area contributed by atoms with Gasteiger partial charge in [-0.3, -0.25) is 4.79 Å². The van der Waals surface area contributed by atoms with E-state index in [9.17, 15) is 4.79 Å². The Morgan fingerprint density at radius 2 is 1.92 bits per heavy atom. The van der Waals surface area contributed by atoms with E-state index in [1.165, 1.54) is 12.8 Å². The third kappa shape index (κ3) is 5.64. The first-order chi connectivity index (χ1) is 11.2. The Balaban J connectivity index is 0.00000208. The summed E-state index contributed by atoms with van der Waals surface area (Å²) in [6.45, 7) is 2.48. The minimum atomic E-state index is 0. The van der Waals surface area contributed by atoms with Gasteiger partial charge in [0.05, 0.1) is 6.61 Å². The summed E-state index contributed by atoms with van der Waals surface area (Å²) >= 11 is 3.41. The molecule has 6 heteroatoms. The monoisotopic (exact) mass is 416 g/mol. The molecule has 1 N–H and O–H groups in total. The lowest BCUT2D eigenvalue weighted by Crippen LogP contribution is -2.38. The van der Waals surface area contributed by atoms with Crippen molar-refractivity contribution in [1.29, 1.82) is 0 Å². The van der Waals surface area contributed by atoms with Crippen LogP contribution in [-0.2, 0) is 4.79 Å². The van der Waals surface area contributed by atoms with Crippen LogP contribution < -0.4 is 10.1 Å². The van der Waals surface area contributed by atoms with Crippen molar-refractivity contribution in [2.75, 3.05) is 19.7 Å². The lowest BCUT2D eigenvalue weighted by Gasteiger charge is -2.24. The van der Waals surface area contributed by atoms with Crippen molar-refractivity contribution in [3.63, 3.8) is 0 Å². The zero-order valence-corrected chi connectivity index (χ0v) is 16.3. The van der Waals surface area contributed by atoms with Gasteiger partial charge in [-0.1, -0.05) is 15.9 Å². The van der Waals surface area contributed by atoms with E-state index >= 15 is 0 Å². The number of rotatable bonds is 6. The molecule has 2 fully saturated rings. The summed E-state index contributed by atoms with van der Waals surface area (Å²) in [7, 11) is 0. The van der Waals surface area contributed by atoms with E-state index < -0.39 is 0 Å². The number of hydrogen-bond acceptors (Lipinski definition) is 3. The third-order valence-electron chi connectivity index (χ3n) is 4.74. The van der Waals surface area contributed by atoms with Gasteiger partial charge in [0.1, 0.15) is 5.75 Å². The van der Waals surface area contributed by atoms with E-state index in [2.05, 4.69) is 26.1 Å². The minimum absolute atomic E-state index is 0. The number of likely N-dealkylation sites (tertiary alicyclic amines) is 1. The van der Waals surface area contributed by atoms with Gasteiger partial charge in [-0.15, -0.1) is 12.4 Å². The Hall–Kier alpha value is -0.780. The fourth-order valence-corrected chi connectivity index (χ4v) is 3.69. The second-order valence-electron chi connectivity index (χ2n) is 6.53. The first-order valence-electron chi connectivity index (χ1n) is 8.63. The molecule has 0 saturated carbocycles. The third-order valence-corrected chi connectivity index (χ3v) is 5.27. The highest BCUT2D eigenvalue weighted by molar-refractivity contribution is 9.10. The van der Waals surface area contributed by atoms with Crippen molar-refractivity contribution in [2.24, 2.45) is 0 Å². The Morgan fingerprint density at radius 1 is 1.17 bits per heavy atom. The van der Waals surface area contributed by atoms with Gasteiger partial charge in [0.15, 0.2) is 0 Å². The molecule has 4 nitrogen and oxygen atoms in total. The summed E-state index contributed by atoms with van der Waals surface area (Å²) in [5.41, 5.74) is 0. The summed E-state index contributed by atoms with van der Waals surface area (Å²) < 4.78 is 6.74. The maximum absolute atomic E-state index is 12.3. The van der Waals surface area contributed by atoms with Crippen LogP contribution in [0.3, 0.4) is 0 Å². The number of ether oxygens (including phenoxy) is 1. The normalized spacial score (nSPS) is 22.6. The minimum Gasteiger partial charge on any atom is -0.494 e. The molecule has 2 aliphatic heterocycles. The molecule has 0 aromatic heterocycles. The number of unbranched alkanes of at least 4 members (excludes halogenated alkanes) is 1. The number of benzene rings is 1. The molecule has 2 atom stereocenters. The van der Waals surface area contributed by atoms with Crippen LogP contribution in [0.15, 0.2) is 28.7 Å². The van der Waals surface area contributed by atoms with Gasteiger partial charge in [0.25, 0.3) is 0 Å². The summed E-state index contributed by atoms with van der Waals surface area (Å²) in [6.07, 6.45) is 6.05. The van der Waals surface area contributed by atoms with Crippen molar-refractivity contribution in [3.05, 3.63) is 28.7 Å². The first-order valence-corrected chi connectivity index (χ1v) is 9.42. The Morgan fingerprint density at radius 3 is 2.71 bits per heavy atom. The van der Waals surface area contributed by atoms with Crippen LogP contribution in [0.25, 0.3) is 0 Å². The number of carbonyl (C=O) groups is 1. The molecule has 1 amide bonds. The predicted octanol–water partition coefficient (Wildman–Crippen LogP) is 3.77. The Kier molecular flexibility index (Phi) is 7.85. The number of hydrogen-bond donors (Lipinski definition) is 1. The van der Waals surface area contributed by atoms with Crippen molar-refractivity contribution < 1.29 is 9.53 Å². The standard InChI is InChI=1S/C18H25BrN2O2.ClH/c19-14-4-8-17(9-5-14)23-12-2-1-3-18(22)21-11-10-15-6-7-16(13-21)20-15;/h4-5,8-9,15-16,20H,1-3,6-7,10-13H2;1H. The van der Waals surface area contributed by atoms with Crippen molar-refractivity contribution >= 4 is 34.2 Å². The second-order valence-corrected chi connectivity index (χ2v) is 7.44. The largest absolute Gasteiger partial charge is 0.494 e. The van der Waals surface area contributed by atoms with Gasteiger partial charge >= 0.3 is 0 Å². The lowest BCUT2D eigenvalue weighted by atomic mass is 10.1. The lowest BCUT2D eigenvalue weighted by molar-refractivity contribution is -0.131. The van der Waals surface area contributed by atoms with E-state index in [4.69, 9.17) is 4.74 Å². The van der Waals surface area contributed by atoms with Crippen LogP contribution in [0, 0.1) is 0 Å². The molecule has 1 aromatic carbocycles. The molecule has 1 aromatic rings. The van der Waals surface area contributed by atoms with Crippen LogP contribution in [0.4, 0.5) is 0 Å². The number of nitrogens with zero attached hydrogens (tertiary/aromatic N) is 1. The molecule has 24 heavy (non-hydrogen) atoms. The maximum Gasteiger partial charge on any atom is 0.222 e. The highest BCUT2D eigenvalue weighted by atomic mass is 79.9.